The van der Waals surface area contributed by atoms with E-state index >= 15 is 0 Å². The van der Waals surface area contributed by atoms with Crippen LogP contribution in [0.25, 0.3) is 0 Å². The zero-order chi connectivity index (χ0) is 15.5. The zero-order valence-electron chi connectivity index (χ0n) is 13.9. The van der Waals surface area contributed by atoms with Crippen molar-refractivity contribution in [2.75, 3.05) is 33.2 Å². The zero-order valence-corrected chi connectivity index (χ0v) is 13.9. The normalized spacial score (nSPS) is 9.95. The van der Waals surface area contributed by atoms with Gasteiger partial charge < -0.3 is 9.80 Å². The number of carbonyl (C=O) groups is 1. The van der Waals surface area contributed by atoms with Crippen LogP contribution >= 0.6 is 0 Å². The molecule has 0 heterocycles. The van der Waals surface area contributed by atoms with Crippen molar-refractivity contribution in [3.63, 3.8) is 0 Å². The number of likely N-dealkylation sites (N-methyl/N-ethyl adjacent to an activating group) is 2. The molecule has 0 aliphatic carbocycles. The number of benzene rings is 1. The molecule has 0 fully saturated rings. The first kappa shape index (κ1) is 18.7. The lowest BCUT2D eigenvalue weighted by Crippen LogP contribution is -2.37. The molecule has 20 heavy (non-hydrogen) atoms. The van der Waals surface area contributed by atoms with Crippen LogP contribution in [0.1, 0.15) is 43.6 Å². The van der Waals surface area contributed by atoms with Crippen LogP contribution in [-0.2, 0) is 0 Å². The summed E-state index contributed by atoms with van der Waals surface area (Å²) in [6.07, 6.45) is 0. The predicted octanol–water partition coefficient (Wildman–Crippen LogP) is 3.44. The summed E-state index contributed by atoms with van der Waals surface area (Å²) in [4.78, 5) is 16.4. The van der Waals surface area contributed by atoms with Crippen LogP contribution in [0.4, 0.5) is 0 Å². The van der Waals surface area contributed by atoms with Crippen LogP contribution in [0.2, 0.25) is 0 Å². The van der Waals surface area contributed by atoms with Crippen molar-refractivity contribution in [1.82, 2.24) is 9.80 Å². The molecule has 114 valence electrons. The third kappa shape index (κ3) is 6.20. The number of aryl methyl sites for hydroxylation is 1. The van der Waals surface area contributed by atoms with E-state index in [0.29, 0.717) is 0 Å². The monoisotopic (exact) mass is 278 g/mol. The van der Waals surface area contributed by atoms with E-state index < -0.39 is 0 Å². The Hall–Kier alpha value is -1.35. The second-order valence-electron chi connectivity index (χ2n) is 4.65. The van der Waals surface area contributed by atoms with Crippen molar-refractivity contribution in [1.29, 1.82) is 0 Å². The van der Waals surface area contributed by atoms with Gasteiger partial charge in [-0.15, -0.1) is 0 Å². The first-order valence-corrected chi connectivity index (χ1v) is 7.63. The predicted molar refractivity (Wildman–Crippen MR) is 87.3 cm³/mol. The van der Waals surface area contributed by atoms with Crippen LogP contribution < -0.4 is 0 Å². The van der Waals surface area contributed by atoms with Crippen LogP contribution in [0.5, 0.6) is 0 Å². The summed E-state index contributed by atoms with van der Waals surface area (Å²) < 4.78 is 0. The molecular formula is C17H30N2O. The summed E-state index contributed by atoms with van der Waals surface area (Å²) in [5, 5.41) is 0. The topological polar surface area (TPSA) is 23.6 Å². The quantitative estimate of drug-likeness (QED) is 0.796. The lowest BCUT2D eigenvalue weighted by atomic mass is 10.1. The molecule has 0 bridgehead atoms. The Morgan fingerprint density at radius 2 is 1.55 bits per heavy atom. The van der Waals surface area contributed by atoms with E-state index in [0.717, 1.165) is 31.7 Å². The highest BCUT2D eigenvalue weighted by Crippen LogP contribution is 2.07. The van der Waals surface area contributed by atoms with Gasteiger partial charge in [-0.05, 0) is 39.6 Å². The minimum absolute atomic E-state index is 0.127. The van der Waals surface area contributed by atoms with Crippen molar-refractivity contribution in [3.8, 4) is 0 Å². The highest BCUT2D eigenvalue weighted by Gasteiger charge is 2.13. The number of hydrogen-bond donors (Lipinski definition) is 0. The minimum atomic E-state index is 0.127. The Morgan fingerprint density at radius 3 is 2.00 bits per heavy atom. The van der Waals surface area contributed by atoms with Gasteiger partial charge in [0.2, 0.25) is 0 Å². The van der Waals surface area contributed by atoms with Crippen molar-refractivity contribution in [2.45, 2.75) is 34.6 Å². The molecule has 1 aromatic rings. The summed E-state index contributed by atoms with van der Waals surface area (Å²) in [6.45, 7) is 13.6. The Bertz CT molecular complexity index is 373. The molecule has 3 nitrogen and oxygen atoms in total. The number of rotatable bonds is 6. The molecule has 0 saturated heterocycles. The molecule has 0 aromatic heterocycles. The molecule has 3 heteroatoms. The molecule has 0 atom stereocenters. The molecule has 1 amide bonds. The van der Waals surface area contributed by atoms with Crippen molar-refractivity contribution in [2.24, 2.45) is 0 Å². The second kappa shape index (κ2) is 10.4. The number of nitrogens with zero attached hydrogens (tertiary/aromatic N) is 2. The molecule has 0 aliphatic rings. The van der Waals surface area contributed by atoms with Crippen LogP contribution in [0, 0.1) is 6.92 Å². The number of carbonyl (C=O) groups excluding carboxylic acids is 1. The molecule has 0 saturated carbocycles. The van der Waals surface area contributed by atoms with E-state index in [1.54, 1.807) is 0 Å². The average Bonchev–Trinajstić information content (AvgIpc) is 2.50. The van der Waals surface area contributed by atoms with Gasteiger partial charge in [-0.2, -0.15) is 0 Å². The maximum absolute atomic E-state index is 12.3. The van der Waals surface area contributed by atoms with E-state index in [9.17, 15) is 4.79 Å². The molecule has 1 aromatic carbocycles. The van der Waals surface area contributed by atoms with Gasteiger partial charge in [0.05, 0.1) is 0 Å². The van der Waals surface area contributed by atoms with Gasteiger partial charge >= 0.3 is 0 Å². The summed E-state index contributed by atoms with van der Waals surface area (Å²) in [5.74, 6) is 0.127. The molecule has 0 radical (unpaired) electrons. The first-order chi connectivity index (χ1) is 9.58. The highest BCUT2D eigenvalue weighted by molar-refractivity contribution is 5.94. The number of hydrogen-bond acceptors (Lipinski definition) is 2. The van der Waals surface area contributed by atoms with E-state index in [1.807, 2.05) is 56.9 Å². The fourth-order valence-electron chi connectivity index (χ4n) is 1.73. The molecule has 0 spiro atoms. The fourth-order valence-corrected chi connectivity index (χ4v) is 1.73. The van der Waals surface area contributed by atoms with Gasteiger partial charge in [0.1, 0.15) is 0 Å². The van der Waals surface area contributed by atoms with Crippen LogP contribution in [0.15, 0.2) is 24.3 Å². The maximum Gasteiger partial charge on any atom is 0.253 e. The summed E-state index contributed by atoms with van der Waals surface area (Å²) >= 11 is 0. The van der Waals surface area contributed by atoms with Crippen LogP contribution in [0.3, 0.4) is 0 Å². The Morgan fingerprint density at radius 1 is 1.00 bits per heavy atom. The standard InChI is InChI=1S/C15H24N2O.C2H6/c1-5-16(4)11-12-17(6-2)15(18)14-9-7-13(3)8-10-14;1-2/h7-10H,5-6,11-12H2,1-4H3;1-2H3. The second-order valence-corrected chi connectivity index (χ2v) is 4.65. The lowest BCUT2D eigenvalue weighted by molar-refractivity contribution is 0.0751. The van der Waals surface area contributed by atoms with Crippen molar-refractivity contribution < 1.29 is 4.79 Å². The highest BCUT2D eigenvalue weighted by atomic mass is 16.2. The SMILES string of the molecule is CC.CCN(C)CCN(CC)C(=O)c1ccc(C)cc1. The van der Waals surface area contributed by atoms with Gasteiger partial charge in [0.25, 0.3) is 5.91 Å². The summed E-state index contributed by atoms with van der Waals surface area (Å²) in [7, 11) is 2.07. The molecular weight excluding hydrogens is 248 g/mol. The van der Waals surface area contributed by atoms with E-state index in [4.69, 9.17) is 0 Å². The van der Waals surface area contributed by atoms with E-state index in [2.05, 4.69) is 18.9 Å². The smallest absolute Gasteiger partial charge is 0.253 e. The van der Waals surface area contributed by atoms with E-state index in [1.165, 1.54) is 5.56 Å². The molecule has 0 aliphatic heterocycles. The molecule has 1 rings (SSSR count). The first-order valence-electron chi connectivity index (χ1n) is 7.63. The Balaban J connectivity index is 0.00000172. The maximum atomic E-state index is 12.3. The van der Waals surface area contributed by atoms with Crippen molar-refractivity contribution in [3.05, 3.63) is 35.4 Å². The Labute approximate surface area is 124 Å². The Kier molecular flexibility index (Phi) is 9.73. The minimum Gasteiger partial charge on any atom is -0.338 e. The number of amides is 1. The van der Waals surface area contributed by atoms with Gasteiger partial charge in [0.15, 0.2) is 0 Å². The molecule has 0 unspecified atom stereocenters. The van der Waals surface area contributed by atoms with E-state index in [-0.39, 0.29) is 5.91 Å². The van der Waals surface area contributed by atoms with Gasteiger partial charge in [-0.3, -0.25) is 4.79 Å². The van der Waals surface area contributed by atoms with Crippen molar-refractivity contribution >= 4 is 5.91 Å². The fraction of sp³-hybridized carbons (Fsp3) is 0.588. The third-order valence-corrected chi connectivity index (χ3v) is 3.26. The third-order valence-electron chi connectivity index (χ3n) is 3.26. The van der Waals surface area contributed by atoms with Gasteiger partial charge in [-0.25, -0.2) is 0 Å². The molecule has 0 N–H and O–H groups in total. The van der Waals surface area contributed by atoms with Gasteiger partial charge in [-0.1, -0.05) is 38.5 Å². The largest absolute Gasteiger partial charge is 0.338 e. The average molecular weight is 278 g/mol. The van der Waals surface area contributed by atoms with Gasteiger partial charge in [0, 0.05) is 25.2 Å². The summed E-state index contributed by atoms with van der Waals surface area (Å²) in [6, 6.07) is 7.78. The van der Waals surface area contributed by atoms with Crippen LogP contribution in [-0.4, -0.2) is 48.9 Å². The summed E-state index contributed by atoms with van der Waals surface area (Å²) in [5.41, 5.74) is 1.96. The lowest BCUT2D eigenvalue weighted by Gasteiger charge is -2.24.